The van der Waals surface area contributed by atoms with Gasteiger partial charge in [0.05, 0.1) is 0 Å². The number of nitrogens with two attached hydrogens (primary N) is 2. The zero-order chi connectivity index (χ0) is 11.6. The van der Waals surface area contributed by atoms with Crippen molar-refractivity contribution in [3.63, 3.8) is 0 Å². The topological polar surface area (TPSA) is 72.3 Å². The lowest BCUT2D eigenvalue weighted by atomic mass is 10.0. The van der Waals surface area contributed by atoms with Gasteiger partial charge in [0.15, 0.2) is 6.10 Å². The highest BCUT2D eigenvalue weighted by Crippen LogP contribution is 2.33. The van der Waals surface area contributed by atoms with Gasteiger partial charge in [0.1, 0.15) is 0 Å². The highest BCUT2D eigenvalue weighted by atomic mass is 19.4. The number of aliphatic hydroxyl groups is 1. The molecule has 15 heavy (non-hydrogen) atoms. The quantitative estimate of drug-likeness (QED) is 0.658. The molecule has 1 aromatic rings. The van der Waals surface area contributed by atoms with Crippen LogP contribution in [-0.2, 0) is 6.54 Å². The number of anilines is 1. The molecule has 0 aromatic heterocycles. The summed E-state index contributed by atoms with van der Waals surface area (Å²) in [6, 6.07) is 3.59. The van der Waals surface area contributed by atoms with Crippen molar-refractivity contribution in [3.05, 3.63) is 29.3 Å². The Hall–Kier alpha value is -1.27. The molecule has 1 aromatic carbocycles. The zero-order valence-electron chi connectivity index (χ0n) is 7.75. The van der Waals surface area contributed by atoms with Crippen LogP contribution in [0.4, 0.5) is 18.9 Å². The van der Waals surface area contributed by atoms with Crippen LogP contribution in [0.25, 0.3) is 0 Å². The molecule has 84 valence electrons. The molecule has 3 nitrogen and oxygen atoms in total. The minimum Gasteiger partial charge on any atom is -0.398 e. The van der Waals surface area contributed by atoms with Crippen molar-refractivity contribution in [2.24, 2.45) is 5.73 Å². The molecule has 1 atom stereocenters. The lowest BCUT2D eigenvalue weighted by Gasteiger charge is -2.16. The van der Waals surface area contributed by atoms with Crippen molar-refractivity contribution in [3.8, 4) is 0 Å². The second kappa shape index (κ2) is 4.08. The maximum atomic E-state index is 12.2. The lowest BCUT2D eigenvalue weighted by Crippen LogP contribution is -2.20. The van der Waals surface area contributed by atoms with Gasteiger partial charge in [-0.15, -0.1) is 0 Å². The summed E-state index contributed by atoms with van der Waals surface area (Å²) in [5, 5.41) is 8.96. The maximum absolute atomic E-state index is 12.2. The van der Waals surface area contributed by atoms with Crippen LogP contribution in [0.1, 0.15) is 17.2 Å². The Balaban J connectivity index is 3.06. The van der Waals surface area contributed by atoms with Gasteiger partial charge >= 0.3 is 6.18 Å². The molecular formula is C9H11F3N2O. The molecule has 0 aliphatic heterocycles. The van der Waals surface area contributed by atoms with Gasteiger partial charge in [0.2, 0.25) is 0 Å². The lowest BCUT2D eigenvalue weighted by molar-refractivity contribution is -0.206. The summed E-state index contributed by atoms with van der Waals surface area (Å²) < 4.78 is 36.5. The summed E-state index contributed by atoms with van der Waals surface area (Å²) in [7, 11) is 0. The third-order valence-electron chi connectivity index (χ3n) is 2.01. The smallest absolute Gasteiger partial charge is 0.398 e. The number of alkyl halides is 3. The van der Waals surface area contributed by atoms with Crippen LogP contribution >= 0.6 is 0 Å². The Morgan fingerprint density at radius 3 is 2.40 bits per heavy atom. The van der Waals surface area contributed by atoms with E-state index in [0.717, 1.165) is 12.1 Å². The van der Waals surface area contributed by atoms with E-state index in [1.165, 1.54) is 6.07 Å². The molecule has 1 rings (SSSR count). The highest BCUT2D eigenvalue weighted by molar-refractivity contribution is 5.49. The van der Waals surface area contributed by atoms with Gasteiger partial charge in [-0.2, -0.15) is 13.2 Å². The summed E-state index contributed by atoms with van der Waals surface area (Å²) in [6.45, 7) is 0.0320. The second-order valence-electron chi connectivity index (χ2n) is 3.11. The fourth-order valence-electron chi connectivity index (χ4n) is 1.16. The predicted octanol–water partition coefficient (Wildman–Crippen LogP) is 1.32. The number of benzene rings is 1. The second-order valence-corrected chi connectivity index (χ2v) is 3.11. The predicted molar refractivity (Wildman–Crippen MR) is 49.8 cm³/mol. The van der Waals surface area contributed by atoms with Crippen molar-refractivity contribution < 1.29 is 18.3 Å². The largest absolute Gasteiger partial charge is 0.418 e. The molecular weight excluding hydrogens is 209 g/mol. The number of aliphatic hydroxyl groups excluding tert-OH is 1. The van der Waals surface area contributed by atoms with E-state index in [4.69, 9.17) is 16.6 Å². The van der Waals surface area contributed by atoms with Gasteiger partial charge in [-0.1, -0.05) is 6.07 Å². The van der Waals surface area contributed by atoms with Crippen LogP contribution in [-0.4, -0.2) is 11.3 Å². The molecule has 0 aliphatic carbocycles. The molecule has 6 heteroatoms. The van der Waals surface area contributed by atoms with E-state index in [1.807, 2.05) is 0 Å². The number of halogens is 3. The first-order valence-corrected chi connectivity index (χ1v) is 4.19. The molecule has 0 radical (unpaired) electrons. The molecule has 0 fully saturated rings. The summed E-state index contributed by atoms with van der Waals surface area (Å²) in [5.41, 5.74) is 11.2. The van der Waals surface area contributed by atoms with Crippen molar-refractivity contribution in [2.75, 3.05) is 5.73 Å². The number of hydrogen-bond donors (Lipinski definition) is 3. The first kappa shape index (κ1) is 11.8. The van der Waals surface area contributed by atoms with Gasteiger partial charge in [-0.3, -0.25) is 0 Å². The molecule has 0 aliphatic rings. The van der Waals surface area contributed by atoms with Crippen molar-refractivity contribution in [2.45, 2.75) is 18.8 Å². The van der Waals surface area contributed by atoms with Crippen molar-refractivity contribution >= 4 is 5.69 Å². The van der Waals surface area contributed by atoms with Crippen molar-refractivity contribution in [1.82, 2.24) is 0 Å². The number of hydrogen-bond acceptors (Lipinski definition) is 3. The van der Waals surface area contributed by atoms with Crippen LogP contribution < -0.4 is 11.5 Å². The normalized spacial score (nSPS) is 13.9. The molecule has 0 heterocycles. The third kappa shape index (κ3) is 2.60. The fourth-order valence-corrected chi connectivity index (χ4v) is 1.16. The minimum absolute atomic E-state index is 0.0320. The van der Waals surface area contributed by atoms with Crippen LogP contribution in [0, 0.1) is 0 Å². The van der Waals surface area contributed by atoms with Gasteiger partial charge in [0.25, 0.3) is 0 Å². The van der Waals surface area contributed by atoms with Crippen LogP contribution in [0.3, 0.4) is 0 Å². The Bertz CT molecular complexity index is 352. The first-order valence-electron chi connectivity index (χ1n) is 4.19. The maximum Gasteiger partial charge on any atom is 0.418 e. The Morgan fingerprint density at radius 2 is 1.93 bits per heavy atom. The SMILES string of the molecule is NCc1cc(C(O)C(F)(F)F)ccc1N. The van der Waals surface area contributed by atoms with E-state index in [-0.39, 0.29) is 12.1 Å². The van der Waals surface area contributed by atoms with Gasteiger partial charge < -0.3 is 16.6 Å². The first-order chi connectivity index (χ1) is 6.86. The summed E-state index contributed by atoms with van der Waals surface area (Å²) in [5.74, 6) is 0. The average Bonchev–Trinajstić information content (AvgIpc) is 2.16. The molecule has 5 N–H and O–H groups in total. The Labute approximate surface area is 84.5 Å². The van der Waals surface area contributed by atoms with Gasteiger partial charge in [-0.25, -0.2) is 0 Å². The summed E-state index contributed by atoms with van der Waals surface area (Å²) in [6.07, 6.45) is -7.18. The third-order valence-corrected chi connectivity index (χ3v) is 2.01. The minimum atomic E-state index is -4.68. The highest BCUT2D eigenvalue weighted by Gasteiger charge is 2.39. The van der Waals surface area contributed by atoms with E-state index in [9.17, 15) is 13.2 Å². The molecule has 0 saturated carbocycles. The Morgan fingerprint density at radius 1 is 1.33 bits per heavy atom. The average molecular weight is 220 g/mol. The number of rotatable bonds is 2. The van der Waals surface area contributed by atoms with E-state index >= 15 is 0 Å². The molecule has 0 bridgehead atoms. The molecule has 0 saturated heterocycles. The fraction of sp³-hybridized carbons (Fsp3) is 0.333. The van der Waals surface area contributed by atoms with E-state index < -0.39 is 12.3 Å². The summed E-state index contributed by atoms with van der Waals surface area (Å²) in [4.78, 5) is 0. The van der Waals surface area contributed by atoms with E-state index in [1.54, 1.807) is 0 Å². The molecule has 0 spiro atoms. The zero-order valence-corrected chi connectivity index (χ0v) is 7.75. The van der Waals surface area contributed by atoms with Crippen LogP contribution in [0.15, 0.2) is 18.2 Å². The summed E-state index contributed by atoms with van der Waals surface area (Å²) >= 11 is 0. The Kier molecular flexibility index (Phi) is 3.21. The molecule has 0 amide bonds. The van der Waals surface area contributed by atoms with E-state index in [2.05, 4.69) is 0 Å². The van der Waals surface area contributed by atoms with Crippen LogP contribution in [0.2, 0.25) is 0 Å². The van der Waals surface area contributed by atoms with E-state index in [0.29, 0.717) is 11.3 Å². The van der Waals surface area contributed by atoms with Gasteiger partial charge in [-0.05, 0) is 23.3 Å². The molecule has 1 unspecified atom stereocenters. The van der Waals surface area contributed by atoms with Crippen molar-refractivity contribution in [1.29, 1.82) is 0 Å². The number of nitrogen functional groups attached to an aromatic ring is 1. The monoisotopic (exact) mass is 220 g/mol. The van der Waals surface area contributed by atoms with Crippen LogP contribution in [0.5, 0.6) is 0 Å². The van der Waals surface area contributed by atoms with Gasteiger partial charge in [0, 0.05) is 12.2 Å². The standard InChI is InChI=1S/C9H11F3N2O/c10-9(11,12)8(15)5-1-2-7(14)6(3-5)4-13/h1-3,8,15H,4,13-14H2.